The van der Waals surface area contributed by atoms with Crippen LogP contribution in [0, 0.1) is 19.8 Å². The molecule has 2 aromatic rings. The minimum atomic E-state index is -0.353. The number of amides is 3. The summed E-state index contributed by atoms with van der Waals surface area (Å²) in [5.41, 5.74) is 8.32. The van der Waals surface area contributed by atoms with Gasteiger partial charge in [0.05, 0.1) is 5.92 Å². The van der Waals surface area contributed by atoms with Crippen LogP contribution >= 0.6 is 0 Å². The maximum absolute atomic E-state index is 12.2. The van der Waals surface area contributed by atoms with Crippen LogP contribution in [-0.4, -0.2) is 34.9 Å². The van der Waals surface area contributed by atoms with Crippen molar-refractivity contribution in [1.82, 2.24) is 15.2 Å². The fourth-order valence-electron chi connectivity index (χ4n) is 2.97. The summed E-state index contributed by atoms with van der Waals surface area (Å²) < 4.78 is 5.84. The molecule has 1 fully saturated rings. The third kappa shape index (κ3) is 4.75. The topological polar surface area (TPSA) is 97.5 Å². The van der Waals surface area contributed by atoms with Crippen LogP contribution in [0.3, 0.4) is 0 Å². The van der Waals surface area contributed by atoms with Crippen molar-refractivity contribution in [1.29, 1.82) is 0 Å². The maximum Gasteiger partial charge on any atom is 0.317 e. The summed E-state index contributed by atoms with van der Waals surface area (Å²) in [5, 5.41) is 2.84. The van der Waals surface area contributed by atoms with E-state index in [0.29, 0.717) is 31.9 Å². The van der Waals surface area contributed by atoms with E-state index in [1.807, 2.05) is 38.1 Å². The lowest BCUT2D eigenvalue weighted by molar-refractivity contribution is -0.121. The van der Waals surface area contributed by atoms with Gasteiger partial charge in [0, 0.05) is 31.9 Å². The van der Waals surface area contributed by atoms with E-state index < -0.39 is 0 Å². The quantitative estimate of drug-likeness (QED) is 0.847. The van der Waals surface area contributed by atoms with Crippen LogP contribution in [0.15, 0.2) is 36.5 Å². The van der Waals surface area contributed by atoms with Gasteiger partial charge in [-0.2, -0.15) is 0 Å². The van der Waals surface area contributed by atoms with Crippen molar-refractivity contribution in [2.45, 2.75) is 26.8 Å². The molecule has 0 saturated carbocycles. The van der Waals surface area contributed by atoms with Crippen molar-refractivity contribution in [3.63, 3.8) is 0 Å². The van der Waals surface area contributed by atoms with Crippen molar-refractivity contribution >= 4 is 11.9 Å². The van der Waals surface area contributed by atoms with E-state index >= 15 is 0 Å². The highest BCUT2D eigenvalue weighted by Crippen LogP contribution is 2.24. The normalized spacial score (nSPS) is 16.2. The molecule has 1 aliphatic rings. The SMILES string of the molecule is Cc1ccc(C)c(Oc2ccc(CNC(=O)N3CCC(C(N)=O)C3)cn2)c1. The molecule has 0 radical (unpaired) electrons. The second-order valence-electron chi connectivity index (χ2n) is 6.87. The van der Waals surface area contributed by atoms with Gasteiger partial charge in [0.2, 0.25) is 11.8 Å². The lowest BCUT2D eigenvalue weighted by Gasteiger charge is -2.17. The summed E-state index contributed by atoms with van der Waals surface area (Å²) in [6, 6.07) is 9.46. The lowest BCUT2D eigenvalue weighted by Crippen LogP contribution is -2.39. The third-order valence-corrected chi connectivity index (χ3v) is 4.68. The molecule has 1 atom stereocenters. The number of aryl methyl sites for hydroxylation is 2. The third-order valence-electron chi connectivity index (χ3n) is 4.68. The van der Waals surface area contributed by atoms with Gasteiger partial charge in [-0.15, -0.1) is 0 Å². The fraction of sp³-hybridized carbons (Fsp3) is 0.350. The molecule has 1 saturated heterocycles. The average molecular weight is 368 g/mol. The van der Waals surface area contributed by atoms with Crippen LogP contribution < -0.4 is 15.8 Å². The molecule has 27 heavy (non-hydrogen) atoms. The Balaban J connectivity index is 1.53. The number of nitrogens with zero attached hydrogens (tertiary/aromatic N) is 2. The smallest absolute Gasteiger partial charge is 0.317 e. The number of nitrogens with two attached hydrogens (primary N) is 1. The number of nitrogens with one attached hydrogen (secondary N) is 1. The highest BCUT2D eigenvalue weighted by Gasteiger charge is 2.29. The van der Waals surface area contributed by atoms with Crippen LogP contribution in [0.2, 0.25) is 0 Å². The second-order valence-corrected chi connectivity index (χ2v) is 6.87. The fourth-order valence-corrected chi connectivity index (χ4v) is 2.97. The van der Waals surface area contributed by atoms with E-state index in [0.717, 1.165) is 22.4 Å². The molecule has 7 heteroatoms. The van der Waals surface area contributed by atoms with Gasteiger partial charge in [0.25, 0.3) is 0 Å². The Kier molecular flexibility index (Phi) is 5.59. The molecule has 1 unspecified atom stereocenters. The first-order valence-electron chi connectivity index (χ1n) is 8.94. The van der Waals surface area contributed by atoms with Gasteiger partial charge in [0.15, 0.2) is 0 Å². The van der Waals surface area contributed by atoms with E-state index in [1.54, 1.807) is 17.2 Å². The molecule has 1 aliphatic heterocycles. The van der Waals surface area contributed by atoms with Crippen molar-refractivity contribution in [2.75, 3.05) is 13.1 Å². The number of benzene rings is 1. The molecule has 3 N–H and O–H groups in total. The van der Waals surface area contributed by atoms with Gasteiger partial charge in [-0.1, -0.05) is 18.2 Å². The Labute approximate surface area is 158 Å². The van der Waals surface area contributed by atoms with Crippen LogP contribution in [0.4, 0.5) is 4.79 Å². The van der Waals surface area contributed by atoms with Gasteiger partial charge in [0.1, 0.15) is 5.75 Å². The molecule has 1 aromatic heterocycles. The predicted octanol–water partition coefficient (Wildman–Crippen LogP) is 2.51. The number of ether oxygens (including phenoxy) is 1. The molecule has 0 bridgehead atoms. The summed E-state index contributed by atoms with van der Waals surface area (Å²) in [7, 11) is 0. The highest BCUT2D eigenvalue weighted by atomic mass is 16.5. The van der Waals surface area contributed by atoms with Crippen molar-refractivity contribution < 1.29 is 14.3 Å². The van der Waals surface area contributed by atoms with Gasteiger partial charge in [-0.3, -0.25) is 4.79 Å². The average Bonchev–Trinajstić information content (AvgIpc) is 3.14. The van der Waals surface area contributed by atoms with Gasteiger partial charge < -0.3 is 20.7 Å². The first-order chi connectivity index (χ1) is 12.9. The van der Waals surface area contributed by atoms with E-state index in [9.17, 15) is 9.59 Å². The van der Waals surface area contributed by atoms with Gasteiger partial charge >= 0.3 is 6.03 Å². The molecule has 0 aliphatic carbocycles. The zero-order valence-corrected chi connectivity index (χ0v) is 15.6. The molecule has 3 amide bonds. The molecule has 0 spiro atoms. The molecular formula is C20H24N4O3. The number of likely N-dealkylation sites (tertiary alicyclic amines) is 1. The standard InChI is InChI=1S/C20H24N4O3/c1-13-3-4-14(2)17(9-13)27-18-6-5-15(10-22-18)11-23-20(26)24-8-7-16(12-24)19(21)25/h3-6,9-10,16H,7-8,11-12H2,1-2H3,(H2,21,25)(H,23,26). The highest BCUT2D eigenvalue weighted by molar-refractivity contribution is 5.80. The van der Waals surface area contributed by atoms with Crippen LogP contribution in [-0.2, 0) is 11.3 Å². The number of primary amides is 1. The van der Waals surface area contributed by atoms with E-state index in [-0.39, 0.29) is 17.9 Å². The number of aromatic nitrogens is 1. The lowest BCUT2D eigenvalue weighted by atomic mass is 10.1. The minimum absolute atomic E-state index is 0.200. The molecular weight excluding hydrogens is 344 g/mol. The molecule has 7 nitrogen and oxygen atoms in total. The minimum Gasteiger partial charge on any atom is -0.439 e. The predicted molar refractivity (Wildman–Crippen MR) is 101 cm³/mol. The number of carbonyl (C=O) groups excluding carboxylic acids is 2. The maximum atomic E-state index is 12.2. The number of hydrogen-bond acceptors (Lipinski definition) is 4. The first kappa shape index (κ1) is 18.7. The van der Waals surface area contributed by atoms with E-state index in [1.165, 1.54) is 0 Å². The first-order valence-corrected chi connectivity index (χ1v) is 8.94. The summed E-state index contributed by atoms with van der Waals surface area (Å²) in [4.78, 5) is 29.3. The van der Waals surface area contributed by atoms with Gasteiger partial charge in [-0.05, 0) is 43.0 Å². The molecule has 1 aromatic carbocycles. The monoisotopic (exact) mass is 368 g/mol. The second kappa shape index (κ2) is 8.07. The Morgan fingerprint density at radius 1 is 1.30 bits per heavy atom. The largest absolute Gasteiger partial charge is 0.439 e. The van der Waals surface area contributed by atoms with Crippen molar-refractivity contribution in [3.05, 3.63) is 53.2 Å². The Morgan fingerprint density at radius 2 is 2.11 bits per heavy atom. The number of urea groups is 1. The van der Waals surface area contributed by atoms with Gasteiger partial charge in [-0.25, -0.2) is 9.78 Å². The van der Waals surface area contributed by atoms with E-state index in [4.69, 9.17) is 10.5 Å². The summed E-state index contributed by atoms with van der Waals surface area (Å²) >= 11 is 0. The number of pyridine rings is 1. The van der Waals surface area contributed by atoms with Crippen molar-refractivity contribution in [2.24, 2.45) is 11.7 Å². The molecule has 142 valence electrons. The van der Waals surface area contributed by atoms with Crippen LogP contribution in [0.1, 0.15) is 23.1 Å². The zero-order chi connectivity index (χ0) is 19.4. The zero-order valence-electron chi connectivity index (χ0n) is 15.6. The number of hydrogen-bond donors (Lipinski definition) is 2. The number of carbonyl (C=O) groups is 2. The molecule has 2 heterocycles. The van der Waals surface area contributed by atoms with Crippen LogP contribution in [0.5, 0.6) is 11.6 Å². The van der Waals surface area contributed by atoms with Crippen LogP contribution in [0.25, 0.3) is 0 Å². The number of rotatable bonds is 5. The molecule has 3 rings (SSSR count). The Morgan fingerprint density at radius 3 is 2.78 bits per heavy atom. The summed E-state index contributed by atoms with van der Waals surface area (Å²) in [6.07, 6.45) is 2.30. The van der Waals surface area contributed by atoms with E-state index in [2.05, 4.69) is 10.3 Å². The summed E-state index contributed by atoms with van der Waals surface area (Å²) in [6.45, 7) is 5.27. The Bertz CT molecular complexity index is 836. The van der Waals surface area contributed by atoms with Crippen molar-refractivity contribution in [3.8, 4) is 11.6 Å². The Hall–Kier alpha value is -3.09. The summed E-state index contributed by atoms with van der Waals surface area (Å²) in [5.74, 6) is 0.678.